The number of likely N-dealkylation sites (tertiary alicyclic amines) is 1. The normalized spacial score (nSPS) is 16.4. The van der Waals surface area contributed by atoms with Gasteiger partial charge >= 0.3 is 0 Å². The molecule has 1 aliphatic rings. The SMILES string of the molecule is CCOC(C)(C)C(=O)N1CCCC1C(=O)N[C@H](Cc1ccc2ccccc2c1)C(=O)NCCCCNCC(C)C. The second-order valence-corrected chi connectivity index (χ2v) is 11.6. The highest BCUT2D eigenvalue weighted by Crippen LogP contribution is 2.24. The van der Waals surface area contributed by atoms with Crippen LogP contribution in [-0.4, -0.2) is 73.1 Å². The van der Waals surface area contributed by atoms with E-state index in [1.54, 1.807) is 18.7 Å². The van der Waals surface area contributed by atoms with Crippen molar-refractivity contribution < 1.29 is 19.1 Å². The van der Waals surface area contributed by atoms with E-state index in [-0.39, 0.29) is 17.7 Å². The van der Waals surface area contributed by atoms with Gasteiger partial charge in [-0.25, -0.2) is 0 Å². The summed E-state index contributed by atoms with van der Waals surface area (Å²) < 4.78 is 5.66. The molecule has 1 saturated heterocycles. The third-order valence-electron chi connectivity index (χ3n) is 7.36. The molecule has 3 N–H and O–H groups in total. The first kappa shape index (κ1) is 31.6. The molecule has 8 heteroatoms. The zero-order valence-corrected chi connectivity index (χ0v) is 24.9. The van der Waals surface area contributed by atoms with Crippen molar-refractivity contribution in [1.29, 1.82) is 0 Å². The van der Waals surface area contributed by atoms with Crippen LogP contribution in [0.25, 0.3) is 10.8 Å². The van der Waals surface area contributed by atoms with Crippen molar-refractivity contribution in [3.63, 3.8) is 0 Å². The summed E-state index contributed by atoms with van der Waals surface area (Å²) in [5.41, 5.74) is -0.0439. The Bertz CT molecular complexity index is 1130. The fourth-order valence-electron chi connectivity index (χ4n) is 5.23. The molecule has 0 spiro atoms. The molecule has 1 fully saturated rings. The molecule has 2 atom stereocenters. The Hall–Kier alpha value is -2.97. The quantitative estimate of drug-likeness (QED) is 0.292. The highest BCUT2D eigenvalue weighted by molar-refractivity contribution is 5.94. The average Bonchev–Trinajstić information content (AvgIpc) is 3.41. The summed E-state index contributed by atoms with van der Waals surface area (Å²) >= 11 is 0. The maximum atomic E-state index is 13.5. The number of fused-ring (bicyclic) bond motifs is 1. The second-order valence-electron chi connectivity index (χ2n) is 11.6. The van der Waals surface area contributed by atoms with Gasteiger partial charge in [-0.05, 0) is 81.8 Å². The van der Waals surface area contributed by atoms with Crippen molar-refractivity contribution in [2.75, 3.05) is 32.8 Å². The van der Waals surface area contributed by atoms with Gasteiger partial charge in [-0.2, -0.15) is 0 Å². The van der Waals surface area contributed by atoms with Crippen LogP contribution < -0.4 is 16.0 Å². The predicted octanol–water partition coefficient (Wildman–Crippen LogP) is 3.82. The van der Waals surface area contributed by atoms with E-state index in [1.807, 2.05) is 37.3 Å². The first-order valence-corrected chi connectivity index (χ1v) is 14.8. The Morgan fingerprint density at radius 3 is 2.50 bits per heavy atom. The van der Waals surface area contributed by atoms with Crippen LogP contribution in [0.15, 0.2) is 42.5 Å². The summed E-state index contributed by atoms with van der Waals surface area (Å²) in [6, 6.07) is 12.8. The van der Waals surface area contributed by atoms with Crippen LogP contribution in [0.2, 0.25) is 0 Å². The molecule has 0 aliphatic carbocycles. The fraction of sp³-hybridized carbons (Fsp3) is 0.594. The van der Waals surface area contributed by atoms with E-state index >= 15 is 0 Å². The number of hydrogen-bond acceptors (Lipinski definition) is 5. The van der Waals surface area contributed by atoms with Crippen LogP contribution in [-0.2, 0) is 25.5 Å². The number of carbonyl (C=O) groups is 3. The molecular formula is C32H48N4O4. The van der Waals surface area contributed by atoms with Gasteiger partial charge in [0.2, 0.25) is 11.8 Å². The van der Waals surface area contributed by atoms with Gasteiger partial charge in [-0.15, -0.1) is 0 Å². The van der Waals surface area contributed by atoms with E-state index in [2.05, 4.69) is 41.9 Å². The van der Waals surface area contributed by atoms with E-state index < -0.39 is 17.7 Å². The van der Waals surface area contributed by atoms with Crippen molar-refractivity contribution in [1.82, 2.24) is 20.9 Å². The second kappa shape index (κ2) is 15.1. The molecule has 3 rings (SSSR count). The molecule has 2 aromatic carbocycles. The largest absolute Gasteiger partial charge is 0.366 e. The van der Waals surface area contributed by atoms with Gasteiger partial charge in [0.05, 0.1) is 0 Å². The maximum Gasteiger partial charge on any atom is 0.254 e. The van der Waals surface area contributed by atoms with E-state index in [9.17, 15) is 14.4 Å². The van der Waals surface area contributed by atoms with E-state index in [4.69, 9.17) is 4.74 Å². The lowest BCUT2D eigenvalue weighted by molar-refractivity contribution is -0.157. The molecule has 2 aromatic rings. The number of ether oxygens (including phenoxy) is 1. The minimum Gasteiger partial charge on any atom is -0.366 e. The number of benzene rings is 2. The third kappa shape index (κ3) is 9.03. The molecule has 0 aromatic heterocycles. The number of unbranched alkanes of at least 4 members (excludes halogenated alkanes) is 1. The van der Waals surface area contributed by atoms with Gasteiger partial charge in [0, 0.05) is 26.1 Å². The smallest absolute Gasteiger partial charge is 0.254 e. The molecule has 8 nitrogen and oxygen atoms in total. The van der Waals surface area contributed by atoms with Crippen molar-refractivity contribution in [3.05, 3.63) is 48.0 Å². The lowest BCUT2D eigenvalue weighted by Crippen LogP contribution is -2.56. The molecule has 3 amide bonds. The Balaban J connectivity index is 1.68. The van der Waals surface area contributed by atoms with Crippen LogP contribution >= 0.6 is 0 Å². The van der Waals surface area contributed by atoms with Crippen molar-refractivity contribution in [3.8, 4) is 0 Å². The highest BCUT2D eigenvalue weighted by atomic mass is 16.5. The monoisotopic (exact) mass is 552 g/mol. The predicted molar refractivity (Wildman–Crippen MR) is 160 cm³/mol. The van der Waals surface area contributed by atoms with Crippen LogP contribution in [0.4, 0.5) is 0 Å². The molecule has 0 saturated carbocycles. The average molecular weight is 553 g/mol. The number of nitrogens with zero attached hydrogens (tertiary/aromatic N) is 1. The van der Waals surface area contributed by atoms with E-state index in [1.165, 1.54) is 0 Å². The minimum atomic E-state index is -1.01. The summed E-state index contributed by atoms with van der Waals surface area (Å²) in [5.74, 6) is -0.0942. The van der Waals surface area contributed by atoms with Crippen LogP contribution in [0.1, 0.15) is 65.9 Å². The molecular weight excluding hydrogens is 504 g/mol. The molecule has 1 heterocycles. The van der Waals surface area contributed by atoms with Crippen molar-refractivity contribution >= 4 is 28.5 Å². The summed E-state index contributed by atoms with van der Waals surface area (Å²) in [7, 11) is 0. The Kier molecular flexibility index (Phi) is 11.9. The number of amides is 3. The first-order chi connectivity index (χ1) is 19.1. The first-order valence-electron chi connectivity index (χ1n) is 14.8. The highest BCUT2D eigenvalue weighted by Gasteiger charge is 2.41. The summed E-state index contributed by atoms with van der Waals surface area (Å²) in [6.07, 6.45) is 3.48. The van der Waals surface area contributed by atoms with E-state index in [0.29, 0.717) is 38.5 Å². The molecule has 0 bridgehead atoms. The van der Waals surface area contributed by atoms with Crippen molar-refractivity contribution in [2.24, 2.45) is 5.92 Å². The maximum absolute atomic E-state index is 13.5. The van der Waals surface area contributed by atoms with Gasteiger partial charge in [0.15, 0.2) is 0 Å². The Morgan fingerprint density at radius 2 is 1.77 bits per heavy atom. The van der Waals surface area contributed by atoms with Crippen LogP contribution in [0.3, 0.4) is 0 Å². The minimum absolute atomic E-state index is 0.200. The molecule has 220 valence electrons. The Morgan fingerprint density at radius 1 is 1.05 bits per heavy atom. The standard InChI is InChI=1S/C32H48N4O4/c1-6-40-32(4,5)31(39)36-19-11-14-28(36)30(38)35-27(29(37)34-18-10-9-17-33-22-23(2)3)21-24-15-16-25-12-7-8-13-26(25)20-24/h7-8,12-13,15-16,20,23,27-28,33H,6,9-11,14,17-19,21-22H2,1-5H3,(H,34,37)(H,35,38)/t27-,28?/m1/s1. The zero-order valence-electron chi connectivity index (χ0n) is 24.9. The van der Waals surface area contributed by atoms with Gasteiger partial charge < -0.3 is 25.6 Å². The van der Waals surface area contributed by atoms with E-state index in [0.717, 1.165) is 48.7 Å². The summed E-state index contributed by atoms with van der Waals surface area (Å²) in [4.78, 5) is 41.7. The summed E-state index contributed by atoms with van der Waals surface area (Å²) in [6.45, 7) is 13.0. The zero-order chi connectivity index (χ0) is 29.1. The number of nitrogens with one attached hydrogen (secondary N) is 3. The van der Waals surface area contributed by atoms with Gasteiger partial charge in [0.1, 0.15) is 17.7 Å². The molecule has 1 unspecified atom stereocenters. The van der Waals surface area contributed by atoms with Crippen LogP contribution in [0, 0.1) is 5.92 Å². The number of rotatable bonds is 15. The third-order valence-corrected chi connectivity index (χ3v) is 7.36. The van der Waals surface area contributed by atoms with Crippen LogP contribution in [0.5, 0.6) is 0 Å². The fourth-order valence-corrected chi connectivity index (χ4v) is 5.23. The van der Waals surface area contributed by atoms with Crippen molar-refractivity contribution in [2.45, 2.75) is 84.4 Å². The summed E-state index contributed by atoms with van der Waals surface area (Å²) in [5, 5.41) is 11.7. The number of hydrogen-bond donors (Lipinski definition) is 3. The van der Waals surface area contributed by atoms with Gasteiger partial charge in [-0.1, -0.05) is 56.3 Å². The lowest BCUT2D eigenvalue weighted by atomic mass is 10.0. The van der Waals surface area contributed by atoms with Gasteiger partial charge in [0.25, 0.3) is 5.91 Å². The lowest BCUT2D eigenvalue weighted by Gasteiger charge is -2.33. The molecule has 1 aliphatic heterocycles. The Labute approximate surface area is 239 Å². The topological polar surface area (TPSA) is 99.8 Å². The van der Waals surface area contributed by atoms with Gasteiger partial charge in [-0.3, -0.25) is 14.4 Å². The molecule has 40 heavy (non-hydrogen) atoms. The molecule has 0 radical (unpaired) electrons. The number of carbonyl (C=O) groups excluding carboxylic acids is 3.